The minimum absolute atomic E-state index is 0.0545. The SMILES string of the molecule is COc1nc(O[C@H]2CCc3c(-c4cccc(C(=O)Nc5ccc(CN[C@](C)(CO)C(=O)O)cn5)c4Cl)cccc32)c(Cl)cc1CNC[C@@H](O)CC(=O)O. The molecular formula is C37H39Cl2N5O9. The standard InChI is InChI=1S/C37H39Cl2N5O9/c1-37(19-45,36(50)51)42-16-20-9-12-30(41-15-20)43-33(49)27-8-4-7-26(32(27)39)23-5-3-6-25-24(23)10-11-29(25)53-35-28(38)13-21(34(44-35)52-2)17-40-18-22(46)14-31(47)48/h3-9,12-13,15,22,29,40,42,45-46H,10-11,14,16-19H2,1-2H3,(H,47,48)(H,50,51)(H,41,43,49)/t22-,29-,37+/m0/s1. The number of nitrogens with one attached hydrogen (secondary N) is 3. The third-order valence-corrected chi connectivity index (χ3v) is 9.50. The molecule has 0 unspecified atom stereocenters. The van der Waals surface area contributed by atoms with Gasteiger partial charge < -0.3 is 40.5 Å². The molecule has 1 aliphatic rings. The molecule has 0 fully saturated rings. The lowest BCUT2D eigenvalue weighted by atomic mass is 9.95. The van der Waals surface area contributed by atoms with E-state index in [4.69, 9.17) is 37.8 Å². The van der Waals surface area contributed by atoms with E-state index in [1.54, 1.807) is 30.3 Å². The maximum absolute atomic E-state index is 13.4. The lowest BCUT2D eigenvalue weighted by molar-refractivity contribution is -0.146. The number of ether oxygens (including phenoxy) is 2. The molecule has 0 spiro atoms. The van der Waals surface area contributed by atoms with Gasteiger partial charge in [0, 0.05) is 37.0 Å². The van der Waals surface area contributed by atoms with Crippen LogP contribution in [0.5, 0.6) is 11.8 Å². The van der Waals surface area contributed by atoms with E-state index in [0.29, 0.717) is 29.5 Å². The number of fused-ring (bicyclic) bond motifs is 1. The van der Waals surface area contributed by atoms with Gasteiger partial charge in [-0.3, -0.25) is 19.7 Å². The van der Waals surface area contributed by atoms with E-state index < -0.39 is 36.1 Å². The Labute approximate surface area is 315 Å². The number of aliphatic carboxylic acids is 2. The molecule has 2 heterocycles. The minimum atomic E-state index is -1.51. The first-order valence-electron chi connectivity index (χ1n) is 16.6. The quantitative estimate of drug-likeness (QED) is 0.0782. The lowest BCUT2D eigenvalue weighted by Crippen LogP contribution is -2.52. The Kier molecular flexibility index (Phi) is 12.9. The summed E-state index contributed by atoms with van der Waals surface area (Å²) in [6, 6.07) is 15.9. The number of halogens is 2. The van der Waals surface area contributed by atoms with Gasteiger partial charge in [0.15, 0.2) is 0 Å². The van der Waals surface area contributed by atoms with E-state index in [-0.39, 0.29) is 65.3 Å². The second kappa shape index (κ2) is 17.3. The molecule has 16 heteroatoms. The third kappa shape index (κ3) is 9.40. The molecule has 7 N–H and O–H groups in total. The van der Waals surface area contributed by atoms with Crippen LogP contribution < -0.4 is 25.4 Å². The van der Waals surface area contributed by atoms with E-state index in [1.807, 2.05) is 24.3 Å². The summed E-state index contributed by atoms with van der Waals surface area (Å²) in [6.45, 7) is 1.21. The van der Waals surface area contributed by atoms with Crippen LogP contribution in [0.1, 0.15) is 58.5 Å². The summed E-state index contributed by atoms with van der Waals surface area (Å²) in [5, 5.41) is 46.5. The van der Waals surface area contributed by atoms with Crippen molar-refractivity contribution in [2.24, 2.45) is 0 Å². The fraction of sp³-hybridized carbons (Fsp3) is 0.324. The van der Waals surface area contributed by atoms with Crippen LogP contribution in [0.15, 0.2) is 60.8 Å². The first-order chi connectivity index (χ1) is 25.3. The van der Waals surface area contributed by atoms with Crippen molar-refractivity contribution in [2.75, 3.05) is 25.6 Å². The molecule has 2 aromatic carbocycles. The largest absolute Gasteiger partial charge is 0.481 e. The average molecular weight is 769 g/mol. The van der Waals surface area contributed by atoms with Crippen molar-refractivity contribution >= 4 is 46.9 Å². The van der Waals surface area contributed by atoms with Crippen molar-refractivity contribution in [3.63, 3.8) is 0 Å². The molecule has 1 aliphatic carbocycles. The molecule has 14 nitrogen and oxygen atoms in total. The second-order valence-electron chi connectivity index (χ2n) is 12.7. The van der Waals surface area contributed by atoms with Gasteiger partial charge in [-0.1, -0.05) is 59.6 Å². The summed E-state index contributed by atoms with van der Waals surface area (Å²) in [4.78, 5) is 44.4. The summed E-state index contributed by atoms with van der Waals surface area (Å²) < 4.78 is 11.8. The maximum Gasteiger partial charge on any atom is 0.326 e. The highest BCUT2D eigenvalue weighted by Crippen LogP contribution is 2.43. The van der Waals surface area contributed by atoms with Gasteiger partial charge in [0.05, 0.1) is 36.8 Å². The molecule has 4 aromatic rings. The fourth-order valence-electron chi connectivity index (χ4n) is 5.85. The zero-order chi connectivity index (χ0) is 38.3. The van der Waals surface area contributed by atoms with Crippen molar-refractivity contribution < 1.29 is 44.3 Å². The second-order valence-corrected chi connectivity index (χ2v) is 13.5. The van der Waals surface area contributed by atoms with Crippen molar-refractivity contribution in [3.05, 3.63) is 98.7 Å². The van der Waals surface area contributed by atoms with Crippen LogP contribution in [0, 0.1) is 0 Å². The number of carboxylic acids is 2. The van der Waals surface area contributed by atoms with Gasteiger partial charge in [-0.05, 0) is 60.2 Å². The Morgan fingerprint density at radius 3 is 2.47 bits per heavy atom. The Hall–Kier alpha value is -4.83. The summed E-state index contributed by atoms with van der Waals surface area (Å²) >= 11 is 13.5. The number of aliphatic hydroxyl groups is 2. The Balaban J connectivity index is 1.28. The Morgan fingerprint density at radius 2 is 1.79 bits per heavy atom. The molecule has 0 saturated carbocycles. The van der Waals surface area contributed by atoms with Crippen molar-refractivity contribution in [2.45, 2.75) is 57.0 Å². The molecule has 5 rings (SSSR count). The van der Waals surface area contributed by atoms with Crippen LogP contribution in [-0.2, 0) is 29.1 Å². The molecule has 0 bridgehead atoms. The molecule has 3 atom stereocenters. The van der Waals surface area contributed by atoms with Crippen LogP contribution in [0.4, 0.5) is 5.82 Å². The molecule has 0 saturated heterocycles. The van der Waals surface area contributed by atoms with Crippen molar-refractivity contribution in [1.29, 1.82) is 0 Å². The minimum Gasteiger partial charge on any atom is -0.481 e. The number of benzene rings is 2. The highest BCUT2D eigenvalue weighted by molar-refractivity contribution is 6.37. The van der Waals surface area contributed by atoms with E-state index in [0.717, 1.165) is 16.7 Å². The number of rotatable bonds is 17. The predicted molar refractivity (Wildman–Crippen MR) is 196 cm³/mol. The smallest absolute Gasteiger partial charge is 0.326 e. The number of amides is 1. The van der Waals surface area contributed by atoms with E-state index in [2.05, 4.69) is 25.9 Å². The van der Waals surface area contributed by atoms with Gasteiger partial charge in [-0.25, -0.2) is 4.98 Å². The monoisotopic (exact) mass is 767 g/mol. The van der Waals surface area contributed by atoms with Crippen LogP contribution >= 0.6 is 23.2 Å². The van der Waals surface area contributed by atoms with Gasteiger partial charge in [-0.15, -0.1) is 0 Å². The predicted octanol–water partition coefficient (Wildman–Crippen LogP) is 4.63. The zero-order valence-corrected chi connectivity index (χ0v) is 30.4. The number of methoxy groups -OCH3 is 1. The fourth-order valence-corrected chi connectivity index (χ4v) is 6.38. The van der Waals surface area contributed by atoms with Gasteiger partial charge in [0.25, 0.3) is 5.91 Å². The molecular weight excluding hydrogens is 729 g/mol. The van der Waals surface area contributed by atoms with E-state index >= 15 is 0 Å². The van der Waals surface area contributed by atoms with Gasteiger partial charge in [-0.2, -0.15) is 4.98 Å². The summed E-state index contributed by atoms with van der Waals surface area (Å²) in [7, 11) is 1.46. The topological polar surface area (TPSA) is 212 Å². The number of aliphatic hydroxyl groups excluding tert-OH is 2. The first-order valence-corrected chi connectivity index (χ1v) is 17.4. The van der Waals surface area contributed by atoms with Gasteiger partial charge in [0.2, 0.25) is 11.8 Å². The number of nitrogens with zero attached hydrogens (tertiary/aromatic N) is 2. The number of carboxylic acid groups (broad SMARTS) is 2. The van der Waals surface area contributed by atoms with Crippen LogP contribution in [0.3, 0.4) is 0 Å². The van der Waals surface area contributed by atoms with Gasteiger partial charge >= 0.3 is 11.9 Å². The number of hydrogen-bond donors (Lipinski definition) is 7. The Morgan fingerprint density at radius 1 is 1.04 bits per heavy atom. The van der Waals surface area contributed by atoms with Crippen LogP contribution in [0.25, 0.3) is 11.1 Å². The van der Waals surface area contributed by atoms with E-state index in [1.165, 1.54) is 20.2 Å². The number of pyridine rings is 2. The zero-order valence-electron chi connectivity index (χ0n) is 28.9. The molecule has 1 amide bonds. The molecule has 0 radical (unpaired) electrons. The summed E-state index contributed by atoms with van der Waals surface area (Å²) in [6.07, 6.45) is 0.964. The molecule has 0 aliphatic heterocycles. The average Bonchev–Trinajstić information content (AvgIpc) is 3.54. The van der Waals surface area contributed by atoms with Crippen LogP contribution in [0.2, 0.25) is 10.0 Å². The number of carbonyl (C=O) groups is 3. The molecule has 280 valence electrons. The van der Waals surface area contributed by atoms with Crippen molar-refractivity contribution in [3.8, 4) is 22.9 Å². The number of anilines is 1. The van der Waals surface area contributed by atoms with Crippen LogP contribution in [-0.4, -0.2) is 80.1 Å². The van der Waals surface area contributed by atoms with E-state index in [9.17, 15) is 29.7 Å². The third-order valence-electron chi connectivity index (χ3n) is 8.82. The maximum atomic E-state index is 13.4. The van der Waals surface area contributed by atoms with Crippen molar-refractivity contribution in [1.82, 2.24) is 20.6 Å². The highest BCUT2D eigenvalue weighted by atomic mass is 35.5. The van der Waals surface area contributed by atoms with Gasteiger partial charge in [0.1, 0.15) is 22.5 Å². The Bertz CT molecular complexity index is 1980. The molecule has 53 heavy (non-hydrogen) atoms. The first kappa shape index (κ1) is 39.4. The lowest BCUT2D eigenvalue weighted by Gasteiger charge is -2.23. The number of hydrogen-bond acceptors (Lipinski definition) is 11. The number of carbonyl (C=O) groups excluding carboxylic acids is 1. The molecule has 2 aromatic heterocycles. The summed E-state index contributed by atoms with van der Waals surface area (Å²) in [5.41, 5.74) is 3.43. The normalized spacial score (nSPS) is 15.2. The highest BCUT2D eigenvalue weighted by Gasteiger charge is 2.32. The summed E-state index contributed by atoms with van der Waals surface area (Å²) in [5.74, 6) is -2.03. The number of aromatic nitrogens is 2.